The van der Waals surface area contributed by atoms with E-state index < -0.39 is 0 Å². The number of carbonyl (C=O) groups is 1. The number of nitrogens with one attached hydrogen (secondary N) is 1. The Bertz CT molecular complexity index is 421. The van der Waals surface area contributed by atoms with Gasteiger partial charge in [-0.15, -0.1) is 0 Å². The van der Waals surface area contributed by atoms with Gasteiger partial charge in [-0.05, 0) is 30.2 Å². The second-order valence-corrected chi connectivity index (χ2v) is 4.12. The van der Waals surface area contributed by atoms with E-state index in [1.165, 1.54) is 0 Å². The van der Waals surface area contributed by atoms with Gasteiger partial charge in [-0.3, -0.25) is 4.79 Å². The molecule has 0 atom stereocenters. The molecule has 5 nitrogen and oxygen atoms in total. The quantitative estimate of drug-likeness (QED) is 0.736. The summed E-state index contributed by atoms with van der Waals surface area (Å²) in [5, 5.41) is 2.84. The van der Waals surface area contributed by atoms with Crippen molar-refractivity contribution in [2.75, 3.05) is 31.7 Å². The van der Waals surface area contributed by atoms with Crippen LogP contribution in [0.25, 0.3) is 0 Å². The van der Waals surface area contributed by atoms with Gasteiger partial charge in [0.15, 0.2) is 0 Å². The van der Waals surface area contributed by atoms with E-state index in [0.29, 0.717) is 32.8 Å². The van der Waals surface area contributed by atoms with Crippen molar-refractivity contribution in [2.24, 2.45) is 5.73 Å². The maximum atomic E-state index is 11.2. The molecule has 2 rings (SSSR count). The molecule has 18 heavy (non-hydrogen) atoms. The molecule has 1 aliphatic heterocycles. The lowest BCUT2D eigenvalue weighted by Gasteiger charge is -2.17. The van der Waals surface area contributed by atoms with Crippen LogP contribution in [0.3, 0.4) is 0 Å². The van der Waals surface area contributed by atoms with Crippen LogP contribution in [0.4, 0.5) is 5.69 Å². The molecular formula is C13H18N2O3. The highest BCUT2D eigenvalue weighted by atomic mass is 16.5. The van der Waals surface area contributed by atoms with Crippen LogP contribution >= 0.6 is 0 Å². The number of nitrogens with two attached hydrogens (primary N) is 1. The third kappa shape index (κ3) is 3.45. The van der Waals surface area contributed by atoms with E-state index in [9.17, 15) is 4.79 Å². The minimum absolute atomic E-state index is 0.0753. The van der Waals surface area contributed by atoms with Gasteiger partial charge in [0.25, 0.3) is 0 Å². The lowest BCUT2D eigenvalue weighted by molar-refractivity contribution is -0.116. The maximum absolute atomic E-state index is 11.2. The number of ether oxygens (including phenoxy) is 2. The Morgan fingerprint density at radius 1 is 1.22 bits per heavy atom. The van der Waals surface area contributed by atoms with Crippen molar-refractivity contribution < 1.29 is 14.3 Å². The van der Waals surface area contributed by atoms with Crippen LogP contribution in [0.1, 0.15) is 12.0 Å². The van der Waals surface area contributed by atoms with E-state index in [1.807, 2.05) is 18.2 Å². The van der Waals surface area contributed by atoms with E-state index in [-0.39, 0.29) is 5.91 Å². The molecule has 3 N–H and O–H groups in total. The maximum Gasteiger partial charge on any atom is 0.224 e. The second kappa shape index (κ2) is 6.37. The summed E-state index contributed by atoms with van der Waals surface area (Å²) < 4.78 is 10.8. The van der Waals surface area contributed by atoms with Crippen molar-refractivity contribution in [1.82, 2.24) is 0 Å². The van der Waals surface area contributed by atoms with Crippen molar-refractivity contribution in [3.8, 4) is 5.75 Å². The first-order valence-electron chi connectivity index (χ1n) is 6.13. The molecule has 0 aliphatic carbocycles. The molecule has 0 spiro atoms. The topological polar surface area (TPSA) is 73.6 Å². The normalized spacial score (nSPS) is 13.9. The molecule has 1 amide bonds. The second-order valence-electron chi connectivity index (χ2n) is 4.12. The van der Waals surface area contributed by atoms with Crippen LogP contribution in [-0.4, -0.2) is 32.3 Å². The summed E-state index contributed by atoms with van der Waals surface area (Å²) in [5.41, 5.74) is 7.32. The largest absolute Gasteiger partial charge is 0.491 e. The van der Waals surface area contributed by atoms with Crippen molar-refractivity contribution in [2.45, 2.75) is 12.8 Å². The smallest absolute Gasteiger partial charge is 0.224 e. The first-order valence-corrected chi connectivity index (χ1v) is 6.13. The lowest BCUT2D eigenvalue weighted by atomic mass is 10.0. The van der Waals surface area contributed by atoms with Crippen LogP contribution < -0.4 is 15.8 Å². The Morgan fingerprint density at radius 3 is 2.94 bits per heavy atom. The minimum atomic E-state index is 0.0753. The fraction of sp³-hybridized carbons (Fsp3) is 0.462. The highest BCUT2D eigenvalue weighted by Gasteiger charge is 2.14. The fourth-order valence-corrected chi connectivity index (χ4v) is 1.85. The number of benzene rings is 1. The van der Waals surface area contributed by atoms with Crippen molar-refractivity contribution in [1.29, 1.82) is 0 Å². The molecule has 0 fully saturated rings. The van der Waals surface area contributed by atoms with Crippen LogP contribution in [0.15, 0.2) is 18.2 Å². The van der Waals surface area contributed by atoms with Crippen LogP contribution in [0, 0.1) is 0 Å². The average Bonchev–Trinajstić information content (AvgIpc) is 2.38. The highest BCUT2D eigenvalue weighted by molar-refractivity contribution is 5.93. The molecule has 98 valence electrons. The van der Waals surface area contributed by atoms with Crippen LogP contribution in [-0.2, 0) is 16.0 Å². The molecule has 1 aromatic rings. The molecule has 0 saturated carbocycles. The third-order valence-corrected chi connectivity index (χ3v) is 2.73. The number of aryl methyl sites for hydroxylation is 1. The van der Waals surface area contributed by atoms with Crippen LogP contribution in [0.2, 0.25) is 0 Å². The molecule has 0 bridgehead atoms. The number of carbonyl (C=O) groups excluding carboxylic acids is 1. The van der Waals surface area contributed by atoms with Crippen LogP contribution in [0.5, 0.6) is 5.75 Å². The third-order valence-electron chi connectivity index (χ3n) is 2.73. The number of rotatable bonds is 6. The standard InChI is InChI=1S/C13H18N2O3/c14-5-6-17-7-8-18-11-2-3-12-10(9-11)1-4-13(16)15-12/h2-3,9H,1,4-8,14H2,(H,15,16). The van der Waals surface area contributed by atoms with Gasteiger partial charge in [-0.25, -0.2) is 0 Å². The molecule has 0 unspecified atom stereocenters. The Hall–Kier alpha value is -1.59. The molecule has 0 radical (unpaired) electrons. The van der Waals surface area contributed by atoms with Crippen molar-refractivity contribution >= 4 is 11.6 Å². The predicted molar refractivity (Wildman–Crippen MR) is 68.8 cm³/mol. The van der Waals surface area contributed by atoms with E-state index in [2.05, 4.69) is 5.32 Å². The molecule has 1 aliphatic rings. The van der Waals surface area contributed by atoms with E-state index in [0.717, 1.165) is 23.4 Å². The zero-order chi connectivity index (χ0) is 12.8. The summed E-state index contributed by atoms with van der Waals surface area (Å²) in [7, 11) is 0. The zero-order valence-corrected chi connectivity index (χ0v) is 10.3. The van der Waals surface area contributed by atoms with E-state index in [1.54, 1.807) is 0 Å². The molecule has 1 aromatic carbocycles. The predicted octanol–water partition coefficient (Wildman–Crippen LogP) is 0.925. The van der Waals surface area contributed by atoms with Crippen molar-refractivity contribution in [3.63, 3.8) is 0 Å². The lowest BCUT2D eigenvalue weighted by Crippen LogP contribution is -2.19. The molecule has 1 heterocycles. The Labute approximate surface area is 106 Å². The summed E-state index contributed by atoms with van der Waals surface area (Å²) >= 11 is 0. The van der Waals surface area contributed by atoms with E-state index in [4.69, 9.17) is 15.2 Å². The van der Waals surface area contributed by atoms with Gasteiger partial charge in [-0.2, -0.15) is 0 Å². The summed E-state index contributed by atoms with van der Waals surface area (Å²) in [6.07, 6.45) is 1.30. The van der Waals surface area contributed by atoms with Crippen molar-refractivity contribution in [3.05, 3.63) is 23.8 Å². The SMILES string of the molecule is NCCOCCOc1ccc2c(c1)CCC(=O)N2. The van der Waals surface area contributed by atoms with Gasteiger partial charge in [0, 0.05) is 18.7 Å². The highest BCUT2D eigenvalue weighted by Crippen LogP contribution is 2.26. The van der Waals surface area contributed by atoms with Gasteiger partial charge in [0.1, 0.15) is 12.4 Å². The zero-order valence-electron chi connectivity index (χ0n) is 10.3. The van der Waals surface area contributed by atoms with E-state index >= 15 is 0 Å². The number of hydrogen-bond acceptors (Lipinski definition) is 4. The summed E-state index contributed by atoms with van der Waals surface area (Å²) in [6, 6.07) is 5.70. The fourth-order valence-electron chi connectivity index (χ4n) is 1.85. The number of hydrogen-bond donors (Lipinski definition) is 2. The summed E-state index contributed by atoms with van der Waals surface area (Å²) in [5.74, 6) is 0.882. The average molecular weight is 250 g/mol. The molecule has 5 heteroatoms. The number of fused-ring (bicyclic) bond motifs is 1. The van der Waals surface area contributed by atoms with Gasteiger partial charge < -0.3 is 20.5 Å². The first kappa shape index (κ1) is 12.9. The Balaban J connectivity index is 1.85. The molecular weight excluding hydrogens is 232 g/mol. The number of anilines is 1. The van der Waals surface area contributed by atoms with Gasteiger partial charge in [0.05, 0.1) is 13.2 Å². The monoisotopic (exact) mass is 250 g/mol. The first-order chi connectivity index (χ1) is 8.79. The van der Waals surface area contributed by atoms with Gasteiger partial charge in [-0.1, -0.05) is 0 Å². The molecule has 0 aromatic heterocycles. The summed E-state index contributed by atoms with van der Waals surface area (Å²) in [4.78, 5) is 11.2. The van der Waals surface area contributed by atoms with Gasteiger partial charge >= 0.3 is 0 Å². The van der Waals surface area contributed by atoms with Gasteiger partial charge in [0.2, 0.25) is 5.91 Å². The minimum Gasteiger partial charge on any atom is -0.491 e. The summed E-state index contributed by atoms with van der Waals surface area (Å²) in [6.45, 7) is 2.12. The number of amides is 1. The Kier molecular flexibility index (Phi) is 4.55. The Morgan fingerprint density at radius 2 is 2.11 bits per heavy atom. The molecule has 0 saturated heterocycles.